The van der Waals surface area contributed by atoms with Gasteiger partial charge in [-0.1, -0.05) is 12.1 Å². The Bertz CT molecular complexity index is 532. The Balaban J connectivity index is 1.89. The first-order valence-corrected chi connectivity index (χ1v) is 8.47. The van der Waals surface area contributed by atoms with Crippen LogP contribution in [0.3, 0.4) is 0 Å². The second-order valence-corrected chi connectivity index (χ2v) is 6.01. The van der Waals surface area contributed by atoms with Crippen LogP contribution in [0.4, 0.5) is 4.79 Å². The summed E-state index contributed by atoms with van der Waals surface area (Å²) < 4.78 is 7.03. The second kappa shape index (κ2) is 8.76. The fraction of sp³-hybridized carbons (Fsp3) is 0.467. The van der Waals surface area contributed by atoms with Crippen molar-refractivity contribution < 1.29 is 14.3 Å². The number of rotatable bonds is 5. The van der Waals surface area contributed by atoms with E-state index in [1.54, 1.807) is 16.4 Å². The number of nitrogen functional groups attached to an aromatic ring is 1. The molecule has 0 unspecified atom stereocenters. The number of nitrogens with two attached hydrogens (primary N) is 1. The Morgan fingerprint density at radius 1 is 1.30 bits per heavy atom. The van der Waals surface area contributed by atoms with Gasteiger partial charge in [0.2, 0.25) is 0 Å². The van der Waals surface area contributed by atoms with Gasteiger partial charge in [-0.05, 0) is 36.6 Å². The van der Waals surface area contributed by atoms with Crippen molar-refractivity contribution in [1.29, 1.82) is 0 Å². The number of hydrogen-bond acceptors (Lipinski definition) is 5. The first-order chi connectivity index (χ1) is 11.2. The molecule has 0 radical (unpaired) electrons. The molecule has 3 N–H and O–H groups in total. The first kappa shape index (κ1) is 17.6. The second-order valence-electron chi connectivity index (χ2n) is 5.02. The highest BCUT2D eigenvalue weighted by atomic mass is 32.2. The Hall–Kier alpha value is -1.77. The van der Waals surface area contributed by atoms with Gasteiger partial charge in [0.15, 0.2) is 0 Å². The summed E-state index contributed by atoms with van der Waals surface area (Å²) in [5.74, 6) is 5.44. The minimum absolute atomic E-state index is 0.0277. The molecule has 0 aliphatic carbocycles. The van der Waals surface area contributed by atoms with Crippen molar-refractivity contribution >= 4 is 23.9 Å². The SMILES string of the molecule is CCN(SCc1ccc(C(=O)NN)cc1)C(=O)N1CCOCC1. The van der Waals surface area contributed by atoms with E-state index in [9.17, 15) is 9.59 Å². The van der Waals surface area contributed by atoms with Crippen LogP contribution in [0, 0.1) is 0 Å². The van der Waals surface area contributed by atoms with Gasteiger partial charge in [-0.15, -0.1) is 0 Å². The lowest BCUT2D eigenvalue weighted by atomic mass is 10.1. The number of hydrogen-bond donors (Lipinski definition) is 2. The summed E-state index contributed by atoms with van der Waals surface area (Å²) >= 11 is 1.47. The molecular formula is C15H22N4O3S. The number of nitrogens with zero attached hydrogens (tertiary/aromatic N) is 2. The summed E-state index contributed by atoms with van der Waals surface area (Å²) in [6.07, 6.45) is 0. The van der Waals surface area contributed by atoms with Gasteiger partial charge >= 0.3 is 6.03 Å². The van der Waals surface area contributed by atoms with Crippen LogP contribution in [-0.4, -0.2) is 54.0 Å². The summed E-state index contributed by atoms with van der Waals surface area (Å²) in [7, 11) is 0. The van der Waals surface area contributed by atoms with Crippen molar-refractivity contribution in [3.63, 3.8) is 0 Å². The van der Waals surface area contributed by atoms with Gasteiger partial charge in [0.1, 0.15) is 0 Å². The van der Waals surface area contributed by atoms with E-state index in [1.165, 1.54) is 11.9 Å². The van der Waals surface area contributed by atoms with E-state index in [-0.39, 0.29) is 11.9 Å². The van der Waals surface area contributed by atoms with Crippen LogP contribution in [0.5, 0.6) is 0 Å². The molecule has 1 aromatic rings. The lowest BCUT2D eigenvalue weighted by Gasteiger charge is -2.31. The van der Waals surface area contributed by atoms with Crippen molar-refractivity contribution in [2.45, 2.75) is 12.7 Å². The van der Waals surface area contributed by atoms with E-state index in [0.29, 0.717) is 44.2 Å². The number of carbonyl (C=O) groups is 2. The molecule has 1 aliphatic rings. The molecule has 0 aromatic heterocycles. The van der Waals surface area contributed by atoms with Gasteiger partial charge in [0.05, 0.1) is 13.2 Å². The highest BCUT2D eigenvalue weighted by Crippen LogP contribution is 2.19. The predicted molar refractivity (Wildman–Crippen MR) is 89.6 cm³/mol. The number of hydrazine groups is 1. The van der Waals surface area contributed by atoms with Crippen LogP contribution in [-0.2, 0) is 10.5 Å². The third-order valence-electron chi connectivity index (χ3n) is 3.52. The van der Waals surface area contributed by atoms with E-state index in [2.05, 4.69) is 5.43 Å². The van der Waals surface area contributed by atoms with Gasteiger partial charge in [0, 0.05) is 31.0 Å². The standard InChI is InChI=1S/C15H22N4O3S/c1-2-19(15(21)18-7-9-22-10-8-18)23-11-12-3-5-13(6-4-12)14(20)17-16/h3-6H,2,7-11,16H2,1H3,(H,17,20). The van der Waals surface area contributed by atoms with Gasteiger partial charge in [-0.3, -0.25) is 14.5 Å². The van der Waals surface area contributed by atoms with Crippen LogP contribution >= 0.6 is 11.9 Å². The van der Waals surface area contributed by atoms with E-state index < -0.39 is 0 Å². The van der Waals surface area contributed by atoms with Crippen LogP contribution in [0.1, 0.15) is 22.8 Å². The van der Waals surface area contributed by atoms with Crippen molar-refractivity contribution in [3.8, 4) is 0 Å². The highest BCUT2D eigenvalue weighted by Gasteiger charge is 2.22. The molecule has 3 amide bonds. The summed E-state index contributed by atoms with van der Waals surface area (Å²) in [5.41, 5.74) is 3.65. The van der Waals surface area contributed by atoms with Crippen LogP contribution in [0.15, 0.2) is 24.3 Å². The fourth-order valence-corrected chi connectivity index (χ4v) is 3.09. The Morgan fingerprint density at radius 2 is 1.96 bits per heavy atom. The van der Waals surface area contributed by atoms with Crippen LogP contribution in [0.2, 0.25) is 0 Å². The predicted octanol–water partition coefficient (Wildman–Crippen LogP) is 1.21. The lowest BCUT2D eigenvalue weighted by Crippen LogP contribution is -2.46. The molecule has 1 saturated heterocycles. The average molecular weight is 338 g/mol. The Kier molecular flexibility index (Phi) is 6.69. The monoisotopic (exact) mass is 338 g/mol. The quantitative estimate of drug-likeness (QED) is 0.365. The van der Waals surface area contributed by atoms with Crippen LogP contribution in [0.25, 0.3) is 0 Å². The minimum atomic E-state index is -0.318. The molecule has 8 heteroatoms. The minimum Gasteiger partial charge on any atom is -0.378 e. The summed E-state index contributed by atoms with van der Waals surface area (Å²) in [6, 6.07) is 7.20. The number of amides is 3. The maximum Gasteiger partial charge on any atom is 0.330 e. The molecule has 23 heavy (non-hydrogen) atoms. The molecule has 1 fully saturated rings. The third-order valence-corrected chi connectivity index (χ3v) is 4.70. The number of ether oxygens (including phenoxy) is 1. The maximum absolute atomic E-state index is 12.4. The summed E-state index contributed by atoms with van der Waals surface area (Å²) in [4.78, 5) is 25.6. The topological polar surface area (TPSA) is 87.9 Å². The molecule has 0 bridgehead atoms. The largest absolute Gasteiger partial charge is 0.378 e. The van der Waals surface area contributed by atoms with Crippen LogP contribution < -0.4 is 11.3 Å². The molecule has 7 nitrogen and oxygen atoms in total. The van der Waals surface area contributed by atoms with Crippen molar-refractivity contribution in [2.75, 3.05) is 32.8 Å². The number of benzene rings is 1. The number of carbonyl (C=O) groups excluding carboxylic acids is 2. The van der Waals surface area contributed by atoms with E-state index in [0.717, 1.165) is 5.56 Å². The number of nitrogens with one attached hydrogen (secondary N) is 1. The zero-order valence-electron chi connectivity index (χ0n) is 13.2. The van der Waals surface area contributed by atoms with Crippen molar-refractivity contribution in [3.05, 3.63) is 35.4 Å². The molecular weight excluding hydrogens is 316 g/mol. The molecule has 0 saturated carbocycles. The maximum atomic E-state index is 12.4. The normalized spacial score (nSPS) is 14.4. The van der Waals surface area contributed by atoms with Crippen molar-refractivity contribution in [1.82, 2.24) is 14.6 Å². The molecule has 126 valence electrons. The molecule has 1 aliphatic heterocycles. The van der Waals surface area contributed by atoms with E-state index in [1.807, 2.05) is 24.0 Å². The van der Waals surface area contributed by atoms with Gasteiger partial charge in [-0.2, -0.15) is 0 Å². The van der Waals surface area contributed by atoms with Gasteiger partial charge < -0.3 is 9.64 Å². The number of urea groups is 1. The Labute approximate surface area is 140 Å². The van der Waals surface area contributed by atoms with Gasteiger partial charge in [0.25, 0.3) is 5.91 Å². The molecule has 0 spiro atoms. The Morgan fingerprint density at radius 3 is 2.52 bits per heavy atom. The summed E-state index contributed by atoms with van der Waals surface area (Å²) in [5, 5.41) is 0. The third kappa shape index (κ3) is 4.85. The average Bonchev–Trinajstić information content (AvgIpc) is 2.62. The molecule has 1 heterocycles. The fourth-order valence-electron chi connectivity index (χ4n) is 2.18. The highest BCUT2D eigenvalue weighted by molar-refractivity contribution is 7.96. The molecule has 1 aromatic carbocycles. The lowest BCUT2D eigenvalue weighted by molar-refractivity contribution is 0.0494. The first-order valence-electron chi connectivity index (χ1n) is 7.52. The molecule has 0 atom stereocenters. The van der Waals surface area contributed by atoms with E-state index in [4.69, 9.17) is 10.6 Å². The zero-order chi connectivity index (χ0) is 16.7. The number of morpholine rings is 1. The summed E-state index contributed by atoms with van der Waals surface area (Å²) in [6.45, 7) is 5.06. The van der Waals surface area contributed by atoms with Crippen molar-refractivity contribution in [2.24, 2.45) is 5.84 Å². The smallest absolute Gasteiger partial charge is 0.330 e. The van der Waals surface area contributed by atoms with E-state index >= 15 is 0 Å². The molecule has 2 rings (SSSR count). The zero-order valence-corrected chi connectivity index (χ0v) is 14.0. The van der Waals surface area contributed by atoms with Gasteiger partial charge in [-0.25, -0.2) is 10.6 Å².